The van der Waals surface area contributed by atoms with Crippen molar-refractivity contribution in [2.75, 3.05) is 42.8 Å². The van der Waals surface area contributed by atoms with Crippen LogP contribution in [0.5, 0.6) is 0 Å². The summed E-state index contributed by atoms with van der Waals surface area (Å²) in [6.45, 7) is 6.40. The van der Waals surface area contributed by atoms with Crippen molar-refractivity contribution in [1.82, 2.24) is 19.6 Å². The zero-order valence-electron chi connectivity index (χ0n) is 20.3. The number of hydrogen-bond acceptors (Lipinski definition) is 7. The summed E-state index contributed by atoms with van der Waals surface area (Å²) in [4.78, 5) is 24.0. The van der Waals surface area contributed by atoms with Gasteiger partial charge in [0.15, 0.2) is 5.82 Å². The van der Waals surface area contributed by atoms with Gasteiger partial charge >= 0.3 is 6.03 Å². The Morgan fingerprint density at radius 1 is 1.20 bits per heavy atom. The molecule has 3 aliphatic heterocycles. The lowest BCUT2D eigenvalue weighted by Gasteiger charge is -2.40. The van der Waals surface area contributed by atoms with E-state index in [1.807, 2.05) is 31.2 Å². The summed E-state index contributed by atoms with van der Waals surface area (Å²) in [6, 6.07) is 7.03. The number of urea groups is 1. The van der Waals surface area contributed by atoms with Crippen molar-refractivity contribution >= 4 is 27.6 Å². The van der Waals surface area contributed by atoms with Crippen molar-refractivity contribution in [3.8, 4) is 11.4 Å². The van der Waals surface area contributed by atoms with E-state index < -0.39 is 10.0 Å². The molecule has 3 aliphatic rings. The Morgan fingerprint density at radius 3 is 2.66 bits per heavy atom. The fraction of sp³-hybridized carbons (Fsp3) is 0.542. The number of amides is 2. The van der Waals surface area contributed by atoms with Gasteiger partial charge in [-0.25, -0.2) is 23.2 Å². The standard InChI is InChI=1S/C24H32N6O4S/c1-4-25-24(31)26-17-7-5-16(6-8-17)22-27-19-13-18-9-10-20(30(18)35(3,32)33)21(19)23(28-22)29-11-12-34-14-15(29)2/h5-8,15,18,20H,4,9-14H2,1-3H3,(H2,25,26,31)/t15-,18-,20+/m0/s1. The first-order valence-corrected chi connectivity index (χ1v) is 14.0. The van der Waals surface area contributed by atoms with Gasteiger partial charge in [0.25, 0.3) is 0 Å². The molecule has 0 radical (unpaired) electrons. The lowest BCUT2D eigenvalue weighted by Crippen LogP contribution is -2.47. The molecule has 2 aromatic rings. The quantitative estimate of drug-likeness (QED) is 0.648. The van der Waals surface area contributed by atoms with Crippen LogP contribution in [-0.2, 0) is 21.2 Å². The number of hydrogen-bond donors (Lipinski definition) is 2. The average molecular weight is 501 g/mol. The number of carbonyl (C=O) groups excluding carboxylic acids is 1. The molecule has 11 heteroatoms. The number of fused-ring (bicyclic) bond motifs is 4. The van der Waals surface area contributed by atoms with Gasteiger partial charge in [-0.15, -0.1) is 0 Å². The number of sulfonamides is 1. The van der Waals surface area contributed by atoms with Gasteiger partial charge in [0, 0.05) is 42.4 Å². The number of rotatable bonds is 5. The van der Waals surface area contributed by atoms with Gasteiger partial charge in [-0.3, -0.25) is 0 Å². The second-order valence-electron chi connectivity index (χ2n) is 9.45. The third kappa shape index (κ3) is 4.60. The van der Waals surface area contributed by atoms with E-state index >= 15 is 0 Å². The second-order valence-corrected chi connectivity index (χ2v) is 11.3. The summed E-state index contributed by atoms with van der Waals surface area (Å²) in [5, 5.41) is 5.52. The molecule has 0 aliphatic carbocycles. The molecule has 2 bridgehead atoms. The van der Waals surface area contributed by atoms with Crippen molar-refractivity contribution in [1.29, 1.82) is 0 Å². The molecule has 4 heterocycles. The van der Waals surface area contributed by atoms with Gasteiger partial charge in [0.05, 0.1) is 37.2 Å². The molecule has 5 rings (SSSR count). The van der Waals surface area contributed by atoms with Crippen LogP contribution >= 0.6 is 0 Å². The maximum atomic E-state index is 12.7. The highest BCUT2D eigenvalue weighted by atomic mass is 32.2. The molecule has 10 nitrogen and oxygen atoms in total. The van der Waals surface area contributed by atoms with Gasteiger partial charge in [-0.1, -0.05) is 0 Å². The topological polar surface area (TPSA) is 117 Å². The Morgan fingerprint density at radius 2 is 1.97 bits per heavy atom. The van der Waals surface area contributed by atoms with Gasteiger partial charge in [-0.2, -0.15) is 4.31 Å². The van der Waals surface area contributed by atoms with Crippen LogP contribution in [-0.4, -0.2) is 73.4 Å². The maximum absolute atomic E-state index is 12.7. The van der Waals surface area contributed by atoms with Gasteiger partial charge in [0.1, 0.15) is 5.82 Å². The van der Waals surface area contributed by atoms with Crippen LogP contribution in [0.1, 0.15) is 44.0 Å². The van der Waals surface area contributed by atoms with Crippen molar-refractivity contribution in [2.45, 2.75) is 51.2 Å². The number of carbonyl (C=O) groups is 1. The summed E-state index contributed by atoms with van der Waals surface area (Å²) in [6.07, 6.45) is 3.48. The van der Waals surface area contributed by atoms with Gasteiger partial charge < -0.3 is 20.3 Å². The average Bonchev–Trinajstić information content (AvgIpc) is 3.15. The Balaban J connectivity index is 1.56. The van der Waals surface area contributed by atoms with Crippen LogP contribution in [0.15, 0.2) is 24.3 Å². The second kappa shape index (κ2) is 9.36. The summed E-state index contributed by atoms with van der Waals surface area (Å²) < 4.78 is 32.7. The van der Waals surface area contributed by atoms with E-state index in [2.05, 4.69) is 22.5 Å². The highest BCUT2D eigenvalue weighted by Gasteiger charge is 2.47. The molecule has 2 N–H and O–H groups in total. The van der Waals surface area contributed by atoms with Crippen LogP contribution in [0.4, 0.5) is 16.3 Å². The van der Waals surface area contributed by atoms with E-state index in [1.165, 1.54) is 6.26 Å². The summed E-state index contributed by atoms with van der Waals surface area (Å²) >= 11 is 0. The van der Waals surface area contributed by atoms with E-state index in [0.717, 1.165) is 35.5 Å². The SMILES string of the molecule is CCNC(=O)Nc1ccc(-c2nc3c(c(N4CCOC[C@@H]4C)n2)[C@H]2CC[C@@H](C3)N2S(C)(=O)=O)cc1. The molecule has 188 valence electrons. The highest BCUT2D eigenvalue weighted by Crippen LogP contribution is 2.48. The first kappa shape index (κ1) is 24.0. The predicted molar refractivity (Wildman–Crippen MR) is 134 cm³/mol. The smallest absolute Gasteiger partial charge is 0.319 e. The lowest BCUT2D eigenvalue weighted by molar-refractivity contribution is 0.0982. The van der Waals surface area contributed by atoms with Crippen molar-refractivity contribution < 1.29 is 17.9 Å². The number of nitrogens with one attached hydrogen (secondary N) is 2. The monoisotopic (exact) mass is 500 g/mol. The zero-order valence-corrected chi connectivity index (χ0v) is 21.1. The number of nitrogens with zero attached hydrogens (tertiary/aromatic N) is 4. The molecule has 1 aromatic carbocycles. The third-order valence-electron chi connectivity index (χ3n) is 6.97. The Hall–Kier alpha value is -2.76. The molecule has 2 saturated heterocycles. The molecule has 0 unspecified atom stereocenters. The summed E-state index contributed by atoms with van der Waals surface area (Å²) in [5.74, 6) is 1.42. The maximum Gasteiger partial charge on any atom is 0.319 e. The normalized spacial score (nSPS) is 24.2. The number of aromatic nitrogens is 2. The summed E-state index contributed by atoms with van der Waals surface area (Å²) in [5.41, 5.74) is 3.40. The lowest BCUT2D eigenvalue weighted by atomic mass is 9.98. The fourth-order valence-corrected chi connectivity index (χ4v) is 6.87. The van der Waals surface area contributed by atoms with Gasteiger partial charge in [-0.05, 0) is 51.0 Å². The molecule has 3 atom stereocenters. The highest BCUT2D eigenvalue weighted by molar-refractivity contribution is 7.88. The number of morpholine rings is 1. The number of ether oxygens (including phenoxy) is 1. The summed E-state index contributed by atoms with van der Waals surface area (Å²) in [7, 11) is -3.35. The molecule has 0 saturated carbocycles. The molecule has 1 aromatic heterocycles. The number of anilines is 2. The molecular formula is C24H32N6O4S. The van der Waals surface area contributed by atoms with Crippen LogP contribution in [0.3, 0.4) is 0 Å². The predicted octanol–water partition coefficient (Wildman–Crippen LogP) is 2.53. The molecule has 2 amide bonds. The van der Waals surface area contributed by atoms with Crippen molar-refractivity contribution in [3.63, 3.8) is 0 Å². The molecule has 35 heavy (non-hydrogen) atoms. The van der Waals surface area contributed by atoms with Crippen LogP contribution in [0.25, 0.3) is 11.4 Å². The Bertz CT molecular complexity index is 1220. The van der Waals surface area contributed by atoms with Crippen LogP contribution < -0.4 is 15.5 Å². The van der Waals surface area contributed by atoms with E-state index in [1.54, 1.807) is 4.31 Å². The first-order chi connectivity index (χ1) is 16.8. The largest absolute Gasteiger partial charge is 0.377 e. The minimum atomic E-state index is -3.35. The van der Waals surface area contributed by atoms with E-state index in [-0.39, 0.29) is 24.2 Å². The minimum absolute atomic E-state index is 0.0659. The fourth-order valence-electron chi connectivity index (χ4n) is 5.48. The first-order valence-electron chi connectivity index (χ1n) is 12.1. The Labute approximate surface area is 206 Å². The van der Waals surface area contributed by atoms with Crippen molar-refractivity contribution in [2.24, 2.45) is 0 Å². The van der Waals surface area contributed by atoms with Crippen LogP contribution in [0, 0.1) is 0 Å². The molecular weight excluding hydrogens is 468 g/mol. The van der Waals surface area contributed by atoms with Crippen LogP contribution in [0.2, 0.25) is 0 Å². The Kier molecular flexibility index (Phi) is 6.41. The van der Waals surface area contributed by atoms with E-state index in [0.29, 0.717) is 44.2 Å². The zero-order chi connectivity index (χ0) is 24.7. The molecule has 0 spiro atoms. The van der Waals surface area contributed by atoms with Crippen molar-refractivity contribution in [3.05, 3.63) is 35.5 Å². The van der Waals surface area contributed by atoms with E-state index in [9.17, 15) is 13.2 Å². The number of benzene rings is 1. The molecule has 2 fully saturated rings. The third-order valence-corrected chi connectivity index (χ3v) is 8.29. The minimum Gasteiger partial charge on any atom is -0.377 e. The van der Waals surface area contributed by atoms with Gasteiger partial charge in [0.2, 0.25) is 10.0 Å². The van der Waals surface area contributed by atoms with E-state index in [4.69, 9.17) is 14.7 Å².